The van der Waals surface area contributed by atoms with Gasteiger partial charge in [0.15, 0.2) is 0 Å². The van der Waals surface area contributed by atoms with Crippen molar-refractivity contribution in [1.29, 1.82) is 0 Å². The van der Waals surface area contributed by atoms with E-state index in [1.165, 1.54) is 15.6 Å². The Bertz CT molecular complexity index is 658. The van der Waals surface area contributed by atoms with Gasteiger partial charge in [-0.25, -0.2) is 8.42 Å². The van der Waals surface area contributed by atoms with Crippen molar-refractivity contribution in [2.24, 2.45) is 5.73 Å². The van der Waals surface area contributed by atoms with E-state index in [1.54, 1.807) is 28.1 Å². The summed E-state index contributed by atoms with van der Waals surface area (Å²) in [6, 6.07) is 1.54. The first-order chi connectivity index (χ1) is 10.5. The van der Waals surface area contributed by atoms with Crippen LogP contribution in [0.25, 0.3) is 0 Å². The second kappa shape index (κ2) is 7.71. The van der Waals surface area contributed by atoms with Gasteiger partial charge in [0.05, 0.1) is 0 Å². The zero-order valence-corrected chi connectivity index (χ0v) is 15.8. The molecule has 0 bridgehead atoms. The number of carbonyl (C=O) groups excluding carboxylic acids is 1. The van der Waals surface area contributed by atoms with E-state index >= 15 is 0 Å². The van der Waals surface area contributed by atoms with E-state index < -0.39 is 10.0 Å². The van der Waals surface area contributed by atoms with Crippen LogP contribution in [0.3, 0.4) is 0 Å². The SMILES string of the molecule is Cl.N[C@@H]1CCN(C(=O)c2sccc2S(=O)(=O)N2CCSCC2)C1. The van der Waals surface area contributed by atoms with Crippen LogP contribution in [0.5, 0.6) is 0 Å². The van der Waals surface area contributed by atoms with Gasteiger partial charge in [0, 0.05) is 43.7 Å². The van der Waals surface area contributed by atoms with Crippen LogP contribution < -0.4 is 5.73 Å². The van der Waals surface area contributed by atoms with Crippen molar-refractivity contribution >= 4 is 51.4 Å². The van der Waals surface area contributed by atoms with Crippen LogP contribution in [0.15, 0.2) is 16.3 Å². The summed E-state index contributed by atoms with van der Waals surface area (Å²) in [4.78, 5) is 14.7. The molecule has 2 aliphatic rings. The standard InChI is InChI=1S/C13H19N3O3S3.ClH/c14-10-1-3-15(9-10)13(17)12-11(2-6-21-12)22(18,19)16-4-7-20-8-5-16;/h2,6,10H,1,3-5,7-9,14H2;1H/t10-;/m1./s1. The average Bonchev–Trinajstić information content (AvgIpc) is 3.16. The maximum absolute atomic E-state index is 12.8. The molecular weight excluding hydrogens is 378 g/mol. The minimum absolute atomic E-state index is 0. The Morgan fingerprint density at radius 2 is 1.96 bits per heavy atom. The van der Waals surface area contributed by atoms with Crippen molar-refractivity contribution in [2.45, 2.75) is 17.4 Å². The molecule has 0 radical (unpaired) electrons. The molecule has 1 aromatic heterocycles. The van der Waals surface area contributed by atoms with Gasteiger partial charge >= 0.3 is 0 Å². The third kappa shape index (κ3) is 3.85. The molecule has 23 heavy (non-hydrogen) atoms. The summed E-state index contributed by atoms with van der Waals surface area (Å²) in [5.74, 6) is 1.38. The largest absolute Gasteiger partial charge is 0.336 e. The van der Waals surface area contributed by atoms with E-state index in [2.05, 4.69) is 0 Å². The van der Waals surface area contributed by atoms with Crippen molar-refractivity contribution in [1.82, 2.24) is 9.21 Å². The molecule has 1 amide bonds. The molecule has 3 rings (SSSR count). The van der Waals surface area contributed by atoms with Crippen LogP contribution in [-0.2, 0) is 10.0 Å². The number of sulfonamides is 1. The normalized spacial score (nSPS) is 22.8. The molecule has 10 heteroatoms. The predicted molar refractivity (Wildman–Crippen MR) is 96.1 cm³/mol. The van der Waals surface area contributed by atoms with Gasteiger partial charge in [-0.05, 0) is 17.9 Å². The van der Waals surface area contributed by atoms with E-state index in [0.29, 0.717) is 31.1 Å². The molecular formula is C13H20ClN3O3S3. The maximum atomic E-state index is 12.8. The fourth-order valence-corrected chi connectivity index (χ4v) is 6.64. The monoisotopic (exact) mass is 397 g/mol. The molecule has 1 atom stereocenters. The van der Waals surface area contributed by atoms with Gasteiger partial charge in [-0.3, -0.25) is 4.79 Å². The third-order valence-electron chi connectivity index (χ3n) is 3.92. The fraction of sp³-hybridized carbons (Fsp3) is 0.615. The van der Waals surface area contributed by atoms with Gasteiger partial charge in [0.1, 0.15) is 9.77 Å². The highest BCUT2D eigenvalue weighted by Crippen LogP contribution is 2.29. The molecule has 0 aromatic carbocycles. The van der Waals surface area contributed by atoms with Gasteiger partial charge < -0.3 is 10.6 Å². The molecule has 3 heterocycles. The molecule has 2 saturated heterocycles. The topological polar surface area (TPSA) is 83.7 Å². The summed E-state index contributed by atoms with van der Waals surface area (Å²) in [5, 5.41) is 1.68. The second-order valence-corrected chi connectivity index (χ2v) is 9.48. The number of hydrogen-bond donors (Lipinski definition) is 1. The highest BCUT2D eigenvalue weighted by atomic mass is 35.5. The Hall–Kier alpha value is -0.320. The lowest BCUT2D eigenvalue weighted by Crippen LogP contribution is -2.39. The Morgan fingerprint density at radius 3 is 2.57 bits per heavy atom. The first-order valence-corrected chi connectivity index (χ1v) is 10.7. The number of thioether (sulfide) groups is 1. The highest BCUT2D eigenvalue weighted by molar-refractivity contribution is 7.99. The average molecular weight is 398 g/mol. The van der Waals surface area contributed by atoms with Gasteiger partial charge in [-0.2, -0.15) is 16.1 Å². The minimum Gasteiger partial charge on any atom is -0.336 e. The molecule has 1 aromatic rings. The molecule has 0 unspecified atom stereocenters. The van der Waals surface area contributed by atoms with Crippen LogP contribution >= 0.6 is 35.5 Å². The van der Waals surface area contributed by atoms with Crippen LogP contribution in [0.4, 0.5) is 0 Å². The van der Waals surface area contributed by atoms with Crippen molar-refractivity contribution < 1.29 is 13.2 Å². The molecule has 130 valence electrons. The second-order valence-electron chi connectivity index (χ2n) is 5.43. The van der Waals surface area contributed by atoms with E-state index in [9.17, 15) is 13.2 Å². The van der Waals surface area contributed by atoms with E-state index in [0.717, 1.165) is 17.9 Å². The quantitative estimate of drug-likeness (QED) is 0.825. The molecule has 0 saturated carbocycles. The molecule has 6 nitrogen and oxygen atoms in total. The summed E-state index contributed by atoms with van der Waals surface area (Å²) >= 11 is 2.94. The lowest BCUT2D eigenvalue weighted by molar-refractivity contribution is 0.0792. The van der Waals surface area contributed by atoms with Gasteiger partial charge in [-0.15, -0.1) is 23.7 Å². The fourth-order valence-electron chi connectivity index (χ4n) is 2.70. The number of halogens is 1. The first kappa shape index (κ1) is 19.0. The summed E-state index contributed by atoms with van der Waals surface area (Å²) in [7, 11) is -3.59. The number of amides is 1. The number of nitrogens with two attached hydrogens (primary N) is 1. The zero-order chi connectivity index (χ0) is 15.7. The van der Waals surface area contributed by atoms with Crippen LogP contribution in [0, 0.1) is 0 Å². The van der Waals surface area contributed by atoms with E-state index in [-0.39, 0.29) is 29.3 Å². The number of rotatable bonds is 3. The van der Waals surface area contributed by atoms with Gasteiger partial charge in [-0.1, -0.05) is 0 Å². The summed E-state index contributed by atoms with van der Waals surface area (Å²) in [6.07, 6.45) is 0.766. The number of nitrogens with zero attached hydrogens (tertiary/aromatic N) is 2. The van der Waals surface area contributed by atoms with Crippen LogP contribution in [0.2, 0.25) is 0 Å². The molecule has 0 aliphatic carbocycles. The van der Waals surface area contributed by atoms with Crippen molar-refractivity contribution in [3.8, 4) is 0 Å². The third-order valence-corrected chi connectivity index (χ3v) is 7.84. The van der Waals surface area contributed by atoms with E-state index in [4.69, 9.17) is 5.73 Å². The summed E-state index contributed by atoms with van der Waals surface area (Å²) in [5.41, 5.74) is 5.84. The zero-order valence-electron chi connectivity index (χ0n) is 12.5. The summed E-state index contributed by atoms with van der Waals surface area (Å²) < 4.78 is 27.0. The van der Waals surface area contributed by atoms with Crippen molar-refractivity contribution in [3.05, 3.63) is 16.3 Å². The Labute approximate surface area is 150 Å². The Kier molecular flexibility index (Phi) is 6.37. The number of likely N-dealkylation sites (tertiary alicyclic amines) is 1. The predicted octanol–water partition coefficient (Wildman–Crippen LogP) is 1.08. The van der Waals surface area contributed by atoms with Gasteiger partial charge in [0.25, 0.3) is 5.91 Å². The number of hydrogen-bond acceptors (Lipinski definition) is 6. The highest BCUT2D eigenvalue weighted by Gasteiger charge is 2.34. The van der Waals surface area contributed by atoms with Crippen LogP contribution in [0.1, 0.15) is 16.1 Å². The maximum Gasteiger partial charge on any atom is 0.265 e. The molecule has 2 aliphatic heterocycles. The Morgan fingerprint density at radius 1 is 1.26 bits per heavy atom. The van der Waals surface area contributed by atoms with Crippen LogP contribution in [-0.4, -0.2) is 67.3 Å². The number of carbonyl (C=O) groups is 1. The Balaban J connectivity index is 0.00000192. The first-order valence-electron chi connectivity index (χ1n) is 7.20. The molecule has 2 fully saturated rings. The lowest BCUT2D eigenvalue weighted by Gasteiger charge is -2.26. The summed E-state index contributed by atoms with van der Waals surface area (Å²) in [6.45, 7) is 2.10. The lowest BCUT2D eigenvalue weighted by atomic mass is 10.3. The molecule has 2 N–H and O–H groups in total. The van der Waals surface area contributed by atoms with Crippen molar-refractivity contribution in [2.75, 3.05) is 37.7 Å². The minimum atomic E-state index is -3.59. The molecule has 0 spiro atoms. The van der Waals surface area contributed by atoms with Gasteiger partial charge in [0.2, 0.25) is 10.0 Å². The van der Waals surface area contributed by atoms with E-state index in [1.807, 2.05) is 0 Å². The number of thiophene rings is 1. The van der Waals surface area contributed by atoms with Crippen molar-refractivity contribution in [3.63, 3.8) is 0 Å². The smallest absolute Gasteiger partial charge is 0.265 e.